The lowest BCUT2D eigenvalue weighted by atomic mass is 9.39. The molecule has 114 valence electrons. The van der Waals surface area contributed by atoms with Crippen molar-refractivity contribution in [3.05, 3.63) is 24.3 Å². The van der Waals surface area contributed by atoms with Crippen molar-refractivity contribution in [2.45, 2.75) is 58.4 Å². The Labute approximate surface area is 128 Å². The zero-order chi connectivity index (χ0) is 14.7. The molecule has 1 aromatic heterocycles. The van der Waals surface area contributed by atoms with E-state index in [9.17, 15) is 0 Å². The average molecular weight is 285 g/mol. The molecule has 3 nitrogen and oxygen atoms in total. The van der Waals surface area contributed by atoms with Crippen LogP contribution in [0.4, 0.5) is 0 Å². The fraction of sp³-hybridized carbons (Fsp3) is 0.778. The van der Waals surface area contributed by atoms with Gasteiger partial charge in [-0.3, -0.25) is 0 Å². The molecule has 21 heavy (non-hydrogen) atoms. The monoisotopic (exact) mass is 285 g/mol. The summed E-state index contributed by atoms with van der Waals surface area (Å²) >= 11 is 0. The maximum Gasteiger partial charge on any atom is 0.115 e. The van der Waals surface area contributed by atoms with E-state index in [0.717, 1.165) is 5.92 Å². The van der Waals surface area contributed by atoms with Gasteiger partial charge >= 0.3 is 0 Å². The summed E-state index contributed by atoms with van der Waals surface area (Å²) in [6, 6.07) is 0.403. The first kappa shape index (κ1) is 13.7. The predicted octanol–water partition coefficient (Wildman–Crippen LogP) is 3.73. The van der Waals surface area contributed by atoms with Gasteiger partial charge in [0.25, 0.3) is 0 Å². The normalized spacial score (nSPS) is 45.8. The first-order chi connectivity index (χ1) is 9.96. The third kappa shape index (κ3) is 2.04. The van der Waals surface area contributed by atoms with E-state index in [2.05, 4.69) is 36.2 Å². The van der Waals surface area contributed by atoms with Gasteiger partial charge in [-0.15, -0.1) is 0 Å². The van der Waals surface area contributed by atoms with Gasteiger partial charge in [-0.25, -0.2) is 9.97 Å². The van der Waals surface area contributed by atoms with Crippen molar-refractivity contribution >= 4 is 0 Å². The van der Waals surface area contributed by atoms with E-state index < -0.39 is 0 Å². The average Bonchev–Trinajstić information content (AvgIpc) is 2.36. The van der Waals surface area contributed by atoms with Gasteiger partial charge in [-0.1, -0.05) is 13.8 Å². The third-order valence-corrected chi connectivity index (χ3v) is 6.48. The highest BCUT2D eigenvalue weighted by molar-refractivity contribution is 5.21. The first-order valence-corrected chi connectivity index (χ1v) is 8.38. The van der Waals surface area contributed by atoms with E-state index in [1.165, 1.54) is 44.1 Å². The van der Waals surface area contributed by atoms with Crippen molar-refractivity contribution in [1.29, 1.82) is 0 Å². The highest BCUT2D eigenvalue weighted by atomic mass is 14.9. The van der Waals surface area contributed by atoms with Crippen LogP contribution in [-0.2, 0) is 0 Å². The molecule has 0 saturated heterocycles. The van der Waals surface area contributed by atoms with Crippen molar-refractivity contribution in [2.24, 2.45) is 22.2 Å². The molecule has 0 spiro atoms. The predicted molar refractivity (Wildman–Crippen MR) is 83.7 cm³/mol. The maximum absolute atomic E-state index is 4.26. The van der Waals surface area contributed by atoms with Crippen LogP contribution in [0.25, 0.3) is 0 Å². The molecule has 1 heterocycles. The Morgan fingerprint density at radius 2 is 1.67 bits per heavy atom. The van der Waals surface area contributed by atoms with Crippen LogP contribution < -0.4 is 5.32 Å². The Morgan fingerprint density at radius 1 is 1.05 bits per heavy atom. The van der Waals surface area contributed by atoms with Crippen LogP contribution in [0.5, 0.6) is 0 Å². The Morgan fingerprint density at radius 3 is 2.19 bits per heavy atom. The van der Waals surface area contributed by atoms with Gasteiger partial charge in [0.05, 0.1) is 0 Å². The molecule has 5 rings (SSSR count). The van der Waals surface area contributed by atoms with Crippen molar-refractivity contribution in [3.8, 4) is 0 Å². The summed E-state index contributed by atoms with van der Waals surface area (Å²) in [6.45, 7) is 5.08. The highest BCUT2D eigenvalue weighted by Crippen LogP contribution is 2.72. The van der Waals surface area contributed by atoms with Crippen LogP contribution in [-0.4, -0.2) is 17.0 Å². The third-order valence-electron chi connectivity index (χ3n) is 6.48. The van der Waals surface area contributed by atoms with Gasteiger partial charge in [-0.2, -0.15) is 0 Å². The Bertz CT molecular complexity index is 523. The smallest absolute Gasteiger partial charge is 0.115 e. The Balaban J connectivity index is 1.76. The molecule has 1 aromatic rings. The quantitative estimate of drug-likeness (QED) is 0.919. The van der Waals surface area contributed by atoms with Crippen LogP contribution in [0.1, 0.15) is 64.0 Å². The van der Waals surface area contributed by atoms with Gasteiger partial charge < -0.3 is 5.32 Å². The molecule has 0 amide bonds. The fourth-order valence-corrected chi connectivity index (χ4v) is 7.14. The van der Waals surface area contributed by atoms with E-state index in [4.69, 9.17) is 0 Å². The fourth-order valence-electron chi connectivity index (χ4n) is 7.14. The molecule has 3 atom stereocenters. The van der Waals surface area contributed by atoms with Crippen LogP contribution in [0, 0.1) is 22.2 Å². The minimum atomic E-state index is 0.403. The highest BCUT2D eigenvalue weighted by Gasteiger charge is 2.62. The van der Waals surface area contributed by atoms with Gasteiger partial charge in [0.2, 0.25) is 0 Å². The molecule has 0 aliphatic heterocycles. The zero-order valence-electron chi connectivity index (χ0n) is 13.5. The van der Waals surface area contributed by atoms with Crippen LogP contribution >= 0.6 is 0 Å². The van der Waals surface area contributed by atoms with Crippen molar-refractivity contribution in [2.75, 3.05) is 7.05 Å². The van der Waals surface area contributed by atoms with E-state index >= 15 is 0 Å². The van der Waals surface area contributed by atoms with Gasteiger partial charge in [-0.05, 0) is 67.7 Å². The second-order valence-electron chi connectivity index (χ2n) is 8.89. The number of nitrogens with zero attached hydrogens (tertiary/aromatic N) is 2. The van der Waals surface area contributed by atoms with Crippen LogP contribution in [0.3, 0.4) is 0 Å². The minimum Gasteiger partial charge on any atom is -0.312 e. The summed E-state index contributed by atoms with van der Waals surface area (Å²) in [5.74, 6) is 0.928. The number of hydrogen-bond acceptors (Lipinski definition) is 3. The number of aromatic nitrogens is 2. The van der Waals surface area contributed by atoms with Crippen molar-refractivity contribution < 1.29 is 0 Å². The molecule has 4 saturated carbocycles. The molecule has 4 aliphatic rings. The molecule has 4 bridgehead atoms. The SMILES string of the molecule is CNC(c1cncnc1)C12CC3CC(C)(CC(C)(C3)C1)C2. The second kappa shape index (κ2) is 4.28. The molecule has 3 heteroatoms. The first-order valence-electron chi connectivity index (χ1n) is 8.38. The van der Waals surface area contributed by atoms with E-state index in [1.807, 2.05) is 12.4 Å². The summed E-state index contributed by atoms with van der Waals surface area (Å²) in [5, 5.41) is 3.63. The lowest BCUT2D eigenvalue weighted by molar-refractivity contribution is -0.158. The van der Waals surface area contributed by atoms with E-state index in [0.29, 0.717) is 22.3 Å². The van der Waals surface area contributed by atoms with Crippen LogP contribution in [0.2, 0.25) is 0 Å². The lowest BCUT2D eigenvalue weighted by Crippen LogP contribution is -2.58. The van der Waals surface area contributed by atoms with Crippen LogP contribution in [0.15, 0.2) is 18.7 Å². The second-order valence-corrected chi connectivity index (χ2v) is 8.89. The summed E-state index contributed by atoms with van der Waals surface area (Å²) in [5.41, 5.74) is 2.79. The topological polar surface area (TPSA) is 37.8 Å². The maximum atomic E-state index is 4.26. The largest absolute Gasteiger partial charge is 0.312 e. The van der Waals surface area contributed by atoms with Gasteiger partial charge in [0, 0.05) is 24.0 Å². The summed E-state index contributed by atoms with van der Waals surface area (Å²) in [7, 11) is 2.11. The Hall–Kier alpha value is -0.960. The van der Waals surface area contributed by atoms with E-state index in [1.54, 1.807) is 6.33 Å². The summed E-state index contributed by atoms with van der Waals surface area (Å²) in [4.78, 5) is 8.53. The molecule has 3 unspecified atom stereocenters. The minimum absolute atomic E-state index is 0.403. The van der Waals surface area contributed by atoms with Gasteiger partial charge in [0.1, 0.15) is 6.33 Å². The number of hydrogen-bond donors (Lipinski definition) is 1. The number of rotatable bonds is 3. The van der Waals surface area contributed by atoms with E-state index in [-0.39, 0.29) is 0 Å². The van der Waals surface area contributed by atoms with Crippen molar-refractivity contribution in [3.63, 3.8) is 0 Å². The molecule has 4 aliphatic carbocycles. The van der Waals surface area contributed by atoms with Crippen molar-refractivity contribution in [1.82, 2.24) is 15.3 Å². The molecule has 0 radical (unpaired) electrons. The Kier molecular flexibility index (Phi) is 2.79. The molecule has 0 aromatic carbocycles. The standard InChI is InChI=1S/C18H27N3/c1-16-4-13-5-17(2,9-16)11-18(6-13,10-16)15(19-3)14-7-20-12-21-8-14/h7-8,12-13,15,19H,4-6,9-11H2,1-3H3. The molecular formula is C18H27N3. The molecule has 1 N–H and O–H groups in total. The lowest BCUT2D eigenvalue weighted by Gasteiger charge is -2.67. The summed E-state index contributed by atoms with van der Waals surface area (Å²) in [6.07, 6.45) is 14.1. The zero-order valence-corrected chi connectivity index (χ0v) is 13.5. The molecular weight excluding hydrogens is 258 g/mol. The number of nitrogens with one attached hydrogen (secondary N) is 1. The summed E-state index contributed by atoms with van der Waals surface area (Å²) < 4.78 is 0. The van der Waals surface area contributed by atoms with Gasteiger partial charge in [0.15, 0.2) is 0 Å². The molecule has 4 fully saturated rings.